The molecule has 0 saturated carbocycles. The maximum atomic E-state index is 11.4. The summed E-state index contributed by atoms with van der Waals surface area (Å²) in [6.07, 6.45) is 4.37. The third kappa shape index (κ3) is 3.14. The zero-order valence-corrected chi connectivity index (χ0v) is 12.5. The van der Waals surface area contributed by atoms with E-state index in [1.807, 2.05) is 0 Å². The van der Waals surface area contributed by atoms with Gasteiger partial charge in [0.2, 0.25) is 0 Å². The highest BCUT2D eigenvalue weighted by Gasteiger charge is 2.31. The average molecular weight is 300 g/mol. The van der Waals surface area contributed by atoms with E-state index in [0.29, 0.717) is 17.8 Å². The monoisotopic (exact) mass is 300 g/mol. The van der Waals surface area contributed by atoms with Gasteiger partial charge < -0.3 is 14.2 Å². The Hall–Kier alpha value is -1.49. The molecule has 0 bridgehead atoms. The first-order chi connectivity index (χ1) is 10.7. The van der Waals surface area contributed by atoms with Crippen molar-refractivity contribution >= 4 is 11.9 Å². The molecule has 3 aliphatic heterocycles. The molecule has 22 heavy (non-hydrogen) atoms. The van der Waals surface area contributed by atoms with Gasteiger partial charge in [0.25, 0.3) is 0 Å². The zero-order valence-electron chi connectivity index (χ0n) is 12.5. The quantitative estimate of drug-likeness (QED) is 0.417. The molecule has 3 saturated heterocycles. The number of hydrogen-bond donors (Lipinski definition) is 0. The maximum absolute atomic E-state index is 11.4. The Balaban J connectivity index is 1.74. The highest BCUT2D eigenvalue weighted by molar-refractivity contribution is 6.07. The van der Waals surface area contributed by atoms with Gasteiger partial charge in [-0.3, -0.25) is 4.79 Å². The van der Waals surface area contributed by atoms with Crippen molar-refractivity contribution in [3.63, 3.8) is 0 Å². The summed E-state index contributed by atoms with van der Waals surface area (Å²) in [6, 6.07) is 4.30. The number of hydrogen-bond acceptors (Lipinski definition) is 4. The maximum Gasteiger partial charge on any atom is 0.150 e. The van der Waals surface area contributed by atoms with Crippen molar-refractivity contribution in [3.05, 3.63) is 41.0 Å². The fourth-order valence-electron chi connectivity index (χ4n) is 3.07. The van der Waals surface area contributed by atoms with Crippen LogP contribution in [0.25, 0.3) is 5.57 Å². The van der Waals surface area contributed by atoms with Crippen molar-refractivity contribution in [2.45, 2.75) is 37.6 Å². The number of epoxide rings is 3. The highest BCUT2D eigenvalue weighted by Crippen LogP contribution is 2.33. The van der Waals surface area contributed by atoms with Gasteiger partial charge in [0.15, 0.2) is 0 Å². The van der Waals surface area contributed by atoms with Gasteiger partial charge in [-0.1, -0.05) is 18.7 Å². The van der Waals surface area contributed by atoms with Crippen molar-refractivity contribution in [3.8, 4) is 0 Å². The minimum absolute atomic E-state index is 0.282. The first kappa shape index (κ1) is 14.1. The SMILES string of the molecule is C=C(C=O)c1c(CC2CO2)ccc(CC2CO2)c1CC1CO1. The van der Waals surface area contributed by atoms with Gasteiger partial charge in [-0.15, -0.1) is 0 Å². The van der Waals surface area contributed by atoms with E-state index in [9.17, 15) is 4.79 Å². The second-order valence-corrected chi connectivity index (χ2v) is 6.36. The summed E-state index contributed by atoms with van der Waals surface area (Å²) in [5.74, 6) is 0. The zero-order chi connectivity index (χ0) is 15.1. The Morgan fingerprint density at radius 2 is 1.50 bits per heavy atom. The molecule has 0 aliphatic carbocycles. The molecule has 3 unspecified atom stereocenters. The molecule has 3 aliphatic rings. The van der Waals surface area contributed by atoms with Crippen molar-refractivity contribution in [1.29, 1.82) is 0 Å². The summed E-state index contributed by atoms with van der Waals surface area (Å²) in [4.78, 5) is 11.4. The van der Waals surface area contributed by atoms with Crippen LogP contribution in [0, 0.1) is 0 Å². The van der Waals surface area contributed by atoms with E-state index in [4.69, 9.17) is 14.2 Å². The molecule has 1 aromatic carbocycles. The molecule has 0 spiro atoms. The normalized spacial score (nSPS) is 28.3. The van der Waals surface area contributed by atoms with Crippen LogP contribution in [0.5, 0.6) is 0 Å². The molecular formula is C18H20O4. The van der Waals surface area contributed by atoms with Gasteiger partial charge in [-0.25, -0.2) is 0 Å². The molecule has 4 heteroatoms. The Bertz CT molecular complexity index is 610. The molecule has 4 nitrogen and oxygen atoms in total. The van der Waals surface area contributed by atoms with Gasteiger partial charge in [-0.05, 0) is 22.3 Å². The Labute approximate surface area is 130 Å². The molecular weight excluding hydrogens is 280 g/mol. The summed E-state index contributed by atoms with van der Waals surface area (Å²) < 4.78 is 16.1. The van der Waals surface area contributed by atoms with Crippen LogP contribution in [0.1, 0.15) is 22.3 Å². The highest BCUT2D eigenvalue weighted by atomic mass is 16.6. The Morgan fingerprint density at radius 1 is 1.00 bits per heavy atom. The van der Waals surface area contributed by atoms with Crippen LogP contribution >= 0.6 is 0 Å². The van der Waals surface area contributed by atoms with Crippen molar-refractivity contribution in [2.24, 2.45) is 0 Å². The molecule has 4 rings (SSSR count). The lowest BCUT2D eigenvalue weighted by molar-refractivity contribution is -0.103. The fourth-order valence-corrected chi connectivity index (χ4v) is 3.07. The lowest BCUT2D eigenvalue weighted by atomic mass is 9.86. The Kier molecular flexibility index (Phi) is 3.60. The minimum Gasteiger partial charge on any atom is -0.373 e. The average Bonchev–Trinajstić information content (AvgIpc) is 3.35. The first-order valence-electron chi connectivity index (χ1n) is 7.87. The summed E-state index contributed by atoms with van der Waals surface area (Å²) in [5, 5.41) is 0. The van der Waals surface area contributed by atoms with E-state index in [0.717, 1.165) is 56.5 Å². The largest absolute Gasteiger partial charge is 0.373 e. The van der Waals surface area contributed by atoms with Gasteiger partial charge in [-0.2, -0.15) is 0 Å². The molecule has 0 aromatic heterocycles. The van der Waals surface area contributed by atoms with E-state index in [1.54, 1.807) is 0 Å². The second-order valence-electron chi connectivity index (χ2n) is 6.36. The predicted molar refractivity (Wildman–Crippen MR) is 81.9 cm³/mol. The summed E-state index contributed by atoms with van der Waals surface area (Å²) in [6.45, 7) is 6.43. The van der Waals surface area contributed by atoms with E-state index < -0.39 is 0 Å². The van der Waals surface area contributed by atoms with Crippen LogP contribution < -0.4 is 0 Å². The van der Waals surface area contributed by atoms with Crippen molar-refractivity contribution in [2.75, 3.05) is 19.8 Å². The molecule has 3 atom stereocenters. The van der Waals surface area contributed by atoms with E-state index >= 15 is 0 Å². The van der Waals surface area contributed by atoms with Crippen molar-refractivity contribution < 1.29 is 19.0 Å². The topological polar surface area (TPSA) is 54.7 Å². The van der Waals surface area contributed by atoms with Crippen LogP contribution in [-0.2, 0) is 38.3 Å². The molecule has 1 aromatic rings. The lowest BCUT2D eigenvalue weighted by Crippen LogP contribution is -2.10. The number of ether oxygens (including phenoxy) is 3. The molecule has 3 fully saturated rings. The Morgan fingerprint density at radius 3 is 2.05 bits per heavy atom. The number of benzene rings is 1. The van der Waals surface area contributed by atoms with E-state index in [1.165, 1.54) is 11.1 Å². The minimum atomic E-state index is 0.282. The van der Waals surface area contributed by atoms with Gasteiger partial charge >= 0.3 is 0 Å². The molecule has 0 radical (unpaired) electrons. The van der Waals surface area contributed by atoms with Gasteiger partial charge in [0, 0.05) is 24.8 Å². The van der Waals surface area contributed by atoms with Crippen LogP contribution in [0.15, 0.2) is 18.7 Å². The number of carbonyl (C=O) groups excluding carboxylic acids is 1. The predicted octanol–water partition coefficient (Wildman–Crippen LogP) is 1.72. The third-order valence-corrected chi connectivity index (χ3v) is 4.49. The van der Waals surface area contributed by atoms with Crippen LogP contribution in [0.2, 0.25) is 0 Å². The summed E-state index contributed by atoms with van der Waals surface area (Å²) in [7, 11) is 0. The van der Waals surface area contributed by atoms with Crippen LogP contribution in [-0.4, -0.2) is 44.4 Å². The molecule has 0 amide bonds. The fraction of sp³-hybridized carbons (Fsp3) is 0.500. The molecule has 116 valence electrons. The number of aldehydes is 1. The van der Waals surface area contributed by atoms with E-state index in [-0.39, 0.29) is 6.10 Å². The van der Waals surface area contributed by atoms with Crippen molar-refractivity contribution in [1.82, 2.24) is 0 Å². The number of carbonyl (C=O) groups is 1. The van der Waals surface area contributed by atoms with Gasteiger partial charge in [0.05, 0.1) is 38.1 Å². The van der Waals surface area contributed by atoms with Crippen LogP contribution in [0.3, 0.4) is 0 Å². The lowest BCUT2D eigenvalue weighted by Gasteiger charge is -2.18. The molecule has 3 heterocycles. The van der Waals surface area contributed by atoms with Gasteiger partial charge in [0.1, 0.15) is 6.29 Å². The van der Waals surface area contributed by atoms with Crippen LogP contribution in [0.4, 0.5) is 0 Å². The smallest absolute Gasteiger partial charge is 0.150 e. The third-order valence-electron chi connectivity index (χ3n) is 4.49. The molecule has 0 N–H and O–H groups in total. The summed E-state index contributed by atoms with van der Waals surface area (Å²) in [5.41, 5.74) is 5.21. The standard InChI is InChI=1S/C18H20O4/c1-11(7-19)18-13(5-15-9-21-15)3-2-12(4-14-8-20-14)17(18)6-16-10-22-16/h2-3,7,14-16H,1,4-6,8-10H2. The first-order valence-corrected chi connectivity index (χ1v) is 7.87. The van der Waals surface area contributed by atoms with E-state index in [2.05, 4.69) is 18.7 Å². The summed E-state index contributed by atoms with van der Waals surface area (Å²) >= 11 is 0. The number of allylic oxidation sites excluding steroid dienone is 1. The number of rotatable bonds is 8. The second kappa shape index (κ2) is 5.61.